The largest absolute Gasteiger partial charge is 0.355 e. The first kappa shape index (κ1) is 19.7. The van der Waals surface area contributed by atoms with Crippen LogP contribution in [0.3, 0.4) is 0 Å². The van der Waals surface area contributed by atoms with Crippen LogP contribution in [0.2, 0.25) is 0 Å². The van der Waals surface area contributed by atoms with Gasteiger partial charge in [0.1, 0.15) is 11.6 Å². The number of rotatable bonds is 5. The first-order valence-electron chi connectivity index (χ1n) is 9.41. The second kappa shape index (κ2) is 8.33. The number of aromatic nitrogens is 2. The van der Waals surface area contributed by atoms with E-state index < -0.39 is 0 Å². The minimum absolute atomic E-state index is 0.111. The fraction of sp³-hybridized carbons (Fsp3) is 0.550. The molecule has 0 spiro atoms. The van der Waals surface area contributed by atoms with E-state index in [9.17, 15) is 9.18 Å². The summed E-state index contributed by atoms with van der Waals surface area (Å²) in [6, 6.07) is 6.47. The molecule has 2 heterocycles. The topological polar surface area (TPSA) is 58.1 Å². The Bertz CT molecular complexity index is 761. The Morgan fingerprint density at radius 2 is 1.93 bits per heavy atom. The predicted molar refractivity (Wildman–Crippen MR) is 107 cm³/mol. The number of hydrogen-bond acceptors (Lipinski definition) is 5. The molecule has 27 heavy (non-hydrogen) atoms. The van der Waals surface area contributed by atoms with Crippen LogP contribution < -0.4 is 10.2 Å². The first-order valence-corrected chi connectivity index (χ1v) is 10.2. The van der Waals surface area contributed by atoms with Gasteiger partial charge in [0.05, 0.1) is 0 Å². The minimum Gasteiger partial charge on any atom is -0.355 e. The molecule has 7 heteroatoms. The number of benzene rings is 1. The van der Waals surface area contributed by atoms with Crippen molar-refractivity contribution in [1.82, 2.24) is 14.7 Å². The number of piperidine rings is 1. The van der Waals surface area contributed by atoms with Crippen molar-refractivity contribution in [2.24, 2.45) is 11.3 Å². The van der Waals surface area contributed by atoms with Gasteiger partial charge in [-0.15, -0.1) is 0 Å². The van der Waals surface area contributed by atoms with Crippen LogP contribution in [0.25, 0.3) is 0 Å². The molecule has 0 atom stereocenters. The number of carbonyl (C=O) groups excluding carboxylic acids is 1. The zero-order valence-corrected chi connectivity index (χ0v) is 17.0. The highest BCUT2D eigenvalue weighted by molar-refractivity contribution is 7.09. The number of halogens is 1. The summed E-state index contributed by atoms with van der Waals surface area (Å²) in [5.74, 6) is 1.17. The number of carbonyl (C=O) groups is 1. The Labute approximate surface area is 164 Å². The molecular weight excluding hydrogens is 363 g/mol. The molecule has 2 aromatic rings. The highest BCUT2D eigenvalue weighted by Gasteiger charge is 2.25. The zero-order chi connectivity index (χ0) is 19.4. The van der Waals surface area contributed by atoms with Crippen LogP contribution in [0.5, 0.6) is 0 Å². The van der Waals surface area contributed by atoms with Gasteiger partial charge in [0, 0.05) is 43.0 Å². The third kappa shape index (κ3) is 5.48. The Balaban J connectivity index is 1.48. The Morgan fingerprint density at radius 1 is 1.26 bits per heavy atom. The maximum atomic E-state index is 13.0. The van der Waals surface area contributed by atoms with E-state index in [1.54, 1.807) is 12.1 Å². The summed E-state index contributed by atoms with van der Waals surface area (Å²) in [6.45, 7) is 8.41. The second-order valence-electron chi connectivity index (χ2n) is 8.19. The quantitative estimate of drug-likeness (QED) is 0.847. The number of hydrogen-bond donors (Lipinski definition) is 1. The van der Waals surface area contributed by atoms with Crippen molar-refractivity contribution >= 4 is 22.6 Å². The van der Waals surface area contributed by atoms with Crippen molar-refractivity contribution in [3.63, 3.8) is 0 Å². The monoisotopic (exact) mass is 390 g/mol. The molecule has 3 rings (SSSR count). The van der Waals surface area contributed by atoms with Crippen LogP contribution in [-0.2, 0) is 11.2 Å². The lowest BCUT2D eigenvalue weighted by Crippen LogP contribution is -2.41. The lowest BCUT2D eigenvalue weighted by Gasteiger charge is -2.32. The molecule has 1 fully saturated rings. The number of anilines is 1. The van der Waals surface area contributed by atoms with Crippen molar-refractivity contribution < 1.29 is 9.18 Å². The van der Waals surface area contributed by atoms with Crippen molar-refractivity contribution in [3.05, 3.63) is 41.5 Å². The van der Waals surface area contributed by atoms with Crippen LogP contribution in [0.1, 0.15) is 45.0 Å². The summed E-state index contributed by atoms with van der Waals surface area (Å²) < 4.78 is 17.5. The van der Waals surface area contributed by atoms with Gasteiger partial charge >= 0.3 is 0 Å². The van der Waals surface area contributed by atoms with Gasteiger partial charge in [0.2, 0.25) is 11.0 Å². The van der Waals surface area contributed by atoms with Gasteiger partial charge < -0.3 is 10.2 Å². The fourth-order valence-corrected chi connectivity index (χ4v) is 3.80. The van der Waals surface area contributed by atoms with Crippen LogP contribution in [0, 0.1) is 17.2 Å². The maximum absolute atomic E-state index is 13.0. The van der Waals surface area contributed by atoms with Crippen molar-refractivity contribution in [1.29, 1.82) is 0 Å². The van der Waals surface area contributed by atoms with Crippen LogP contribution >= 0.6 is 11.5 Å². The Hall–Kier alpha value is -2.02. The molecule has 0 aliphatic carbocycles. The molecule has 1 saturated heterocycles. The normalized spacial score (nSPS) is 15.8. The first-order chi connectivity index (χ1) is 12.8. The average molecular weight is 391 g/mol. The average Bonchev–Trinajstić information content (AvgIpc) is 3.10. The molecule has 0 bridgehead atoms. The second-order valence-corrected chi connectivity index (χ2v) is 8.92. The molecule has 0 saturated carbocycles. The van der Waals surface area contributed by atoms with Crippen LogP contribution in [-0.4, -0.2) is 34.9 Å². The van der Waals surface area contributed by atoms with E-state index in [0.29, 0.717) is 12.3 Å². The maximum Gasteiger partial charge on any atom is 0.225 e. The van der Waals surface area contributed by atoms with Crippen molar-refractivity contribution in [3.8, 4) is 0 Å². The molecule has 1 aliphatic rings. The molecular formula is C20H27FN4OS. The molecule has 5 nitrogen and oxygen atoms in total. The lowest BCUT2D eigenvalue weighted by atomic mass is 9.93. The molecule has 1 aliphatic heterocycles. The highest BCUT2D eigenvalue weighted by Crippen LogP contribution is 2.25. The summed E-state index contributed by atoms with van der Waals surface area (Å²) in [4.78, 5) is 18.9. The Morgan fingerprint density at radius 3 is 2.56 bits per heavy atom. The molecule has 1 N–H and O–H groups in total. The van der Waals surface area contributed by atoms with Gasteiger partial charge in [-0.3, -0.25) is 4.79 Å². The highest BCUT2D eigenvalue weighted by atomic mass is 32.1. The van der Waals surface area contributed by atoms with E-state index in [0.717, 1.165) is 49.0 Å². The molecule has 0 unspecified atom stereocenters. The minimum atomic E-state index is -0.339. The SMILES string of the molecule is CC(C)(C)C(=O)NCC1CCN(c2nc(Cc3ccc(F)cc3)ns2)CC1. The summed E-state index contributed by atoms with van der Waals surface area (Å²) in [7, 11) is 0. The number of nitrogens with one attached hydrogen (secondary N) is 1. The van der Waals surface area contributed by atoms with Crippen LogP contribution in [0.4, 0.5) is 9.52 Å². The zero-order valence-electron chi connectivity index (χ0n) is 16.2. The standard InChI is InChI=1S/C20H27FN4OS/c1-20(2,3)18(26)22-13-15-8-10-25(11-9-15)19-23-17(24-27-19)12-14-4-6-16(21)7-5-14/h4-7,15H,8-13H2,1-3H3,(H,22,26). The Kier molecular flexibility index (Phi) is 6.09. The summed E-state index contributed by atoms with van der Waals surface area (Å²) in [5, 5.41) is 4.02. The number of amides is 1. The van der Waals surface area contributed by atoms with Gasteiger partial charge in [-0.2, -0.15) is 4.37 Å². The van der Waals surface area contributed by atoms with E-state index in [4.69, 9.17) is 0 Å². The molecule has 146 valence electrons. The van der Waals surface area contributed by atoms with Crippen LogP contribution in [0.15, 0.2) is 24.3 Å². The van der Waals surface area contributed by atoms with Gasteiger partial charge in [0.15, 0.2) is 0 Å². The molecule has 1 amide bonds. The van der Waals surface area contributed by atoms with E-state index in [2.05, 4.69) is 19.6 Å². The van der Waals surface area contributed by atoms with Gasteiger partial charge in [0.25, 0.3) is 0 Å². The van der Waals surface area contributed by atoms with E-state index >= 15 is 0 Å². The number of nitrogens with zero attached hydrogens (tertiary/aromatic N) is 3. The third-order valence-electron chi connectivity index (χ3n) is 4.85. The fourth-order valence-electron chi connectivity index (χ4n) is 3.06. The summed E-state index contributed by atoms with van der Waals surface area (Å²) in [6.07, 6.45) is 2.70. The van der Waals surface area contributed by atoms with Gasteiger partial charge in [-0.25, -0.2) is 9.37 Å². The van der Waals surface area contributed by atoms with E-state index in [1.807, 2.05) is 20.8 Å². The van der Waals surface area contributed by atoms with E-state index in [-0.39, 0.29) is 17.1 Å². The van der Waals surface area contributed by atoms with Gasteiger partial charge in [-0.1, -0.05) is 32.9 Å². The van der Waals surface area contributed by atoms with Crippen molar-refractivity contribution in [2.75, 3.05) is 24.5 Å². The third-order valence-corrected chi connectivity index (χ3v) is 5.67. The smallest absolute Gasteiger partial charge is 0.225 e. The van der Waals surface area contributed by atoms with E-state index in [1.165, 1.54) is 23.7 Å². The molecule has 0 radical (unpaired) electrons. The molecule has 1 aromatic heterocycles. The summed E-state index contributed by atoms with van der Waals surface area (Å²) >= 11 is 1.42. The molecule has 1 aromatic carbocycles. The summed E-state index contributed by atoms with van der Waals surface area (Å²) in [5.41, 5.74) is 0.669. The van der Waals surface area contributed by atoms with Gasteiger partial charge in [-0.05, 0) is 36.5 Å². The lowest BCUT2D eigenvalue weighted by molar-refractivity contribution is -0.128. The van der Waals surface area contributed by atoms with Crippen molar-refractivity contribution in [2.45, 2.75) is 40.0 Å². The predicted octanol–water partition coefficient (Wildman–Crippen LogP) is 3.65.